The van der Waals surface area contributed by atoms with Gasteiger partial charge in [-0.25, -0.2) is 12.8 Å². The van der Waals surface area contributed by atoms with Crippen LogP contribution in [0.5, 0.6) is 0 Å². The summed E-state index contributed by atoms with van der Waals surface area (Å²) >= 11 is 0. The van der Waals surface area contributed by atoms with Crippen LogP contribution in [0.2, 0.25) is 0 Å². The van der Waals surface area contributed by atoms with Crippen LogP contribution in [0.4, 0.5) is 4.39 Å². The lowest BCUT2D eigenvalue weighted by molar-refractivity contribution is 0.0766. The first-order valence-electron chi connectivity index (χ1n) is 7.23. The lowest BCUT2D eigenvalue weighted by atomic mass is 10.1. The third-order valence-electron chi connectivity index (χ3n) is 4.02. The fourth-order valence-corrected chi connectivity index (χ4v) is 4.58. The van der Waals surface area contributed by atoms with Crippen molar-refractivity contribution in [2.75, 3.05) is 18.8 Å². The van der Waals surface area contributed by atoms with Gasteiger partial charge in [0, 0.05) is 24.8 Å². The highest BCUT2D eigenvalue weighted by atomic mass is 32.2. The topological polar surface area (TPSA) is 83.1 Å². The van der Waals surface area contributed by atoms with E-state index in [1.165, 1.54) is 35.5 Å². The Morgan fingerprint density at radius 3 is 2.78 bits per heavy atom. The highest BCUT2D eigenvalue weighted by Crippen LogP contribution is 2.31. The second-order valence-corrected chi connectivity index (χ2v) is 7.75. The van der Waals surface area contributed by atoms with Crippen LogP contribution in [-0.4, -0.2) is 48.3 Å². The van der Waals surface area contributed by atoms with Gasteiger partial charge in [0.1, 0.15) is 5.82 Å². The zero-order valence-electron chi connectivity index (χ0n) is 12.3. The van der Waals surface area contributed by atoms with Gasteiger partial charge in [-0.15, -0.1) is 0 Å². The number of halogens is 1. The number of rotatable bonds is 2. The number of hydrogen-bond acceptors (Lipinski definition) is 4. The highest BCUT2D eigenvalue weighted by Gasteiger charge is 2.34. The number of nitrogens with one attached hydrogen (secondary N) is 1. The maximum absolute atomic E-state index is 14.0. The number of nitrogens with zero attached hydrogens (tertiary/aromatic N) is 2. The number of amides is 1. The molecule has 1 atom stereocenters. The summed E-state index contributed by atoms with van der Waals surface area (Å²) in [7, 11) is -3.53. The number of carbonyl (C=O) groups is 1. The van der Waals surface area contributed by atoms with Gasteiger partial charge < -0.3 is 4.90 Å². The molecule has 1 fully saturated rings. The minimum absolute atomic E-state index is 0.0945. The Kier molecular flexibility index (Phi) is 4.16. The average molecular weight is 337 g/mol. The summed E-state index contributed by atoms with van der Waals surface area (Å²) in [4.78, 5) is 13.8. The van der Waals surface area contributed by atoms with Crippen molar-refractivity contribution in [1.29, 1.82) is 0 Å². The monoisotopic (exact) mass is 337 g/mol. The maximum atomic E-state index is 14.0. The smallest absolute Gasteiger partial charge is 0.257 e. The number of hydrogen-bond donors (Lipinski definition) is 1. The molecule has 0 radical (unpaired) electrons. The van der Waals surface area contributed by atoms with E-state index in [-0.39, 0.29) is 36.7 Å². The molecule has 1 aliphatic heterocycles. The van der Waals surface area contributed by atoms with Gasteiger partial charge in [0.25, 0.3) is 5.91 Å². The molecule has 122 valence electrons. The third kappa shape index (κ3) is 3.12. The molecule has 6 nitrogen and oxygen atoms in total. The summed E-state index contributed by atoms with van der Waals surface area (Å²) in [6, 6.07) is 5.89. The molecule has 0 bridgehead atoms. The molecule has 1 aliphatic rings. The van der Waals surface area contributed by atoms with Crippen LogP contribution < -0.4 is 0 Å². The van der Waals surface area contributed by atoms with Gasteiger partial charge in [-0.1, -0.05) is 18.2 Å². The molecular weight excluding hydrogens is 321 g/mol. The molecule has 1 saturated heterocycles. The molecule has 1 aromatic heterocycles. The van der Waals surface area contributed by atoms with Gasteiger partial charge in [-0.2, -0.15) is 5.10 Å². The predicted molar refractivity (Wildman–Crippen MR) is 82.0 cm³/mol. The van der Waals surface area contributed by atoms with E-state index in [1.807, 2.05) is 0 Å². The lowest BCUT2D eigenvalue weighted by Gasteiger charge is -2.19. The molecule has 1 aromatic carbocycles. The maximum Gasteiger partial charge on any atom is 0.257 e. The van der Waals surface area contributed by atoms with E-state index in [2.05, 4.69) is 10.2 Å². The summed E-state index contributed by atoms with van der Waals surface area (Å²) in [6.07, 6.45) is 3.04. The van der Waals surface area contributed by atoms with E-state index >= 15 is 0 Å². The molecule has 0 unspecified atom stereocenters. The van der Waals surface area contributed by atoms with Crippen molar-refractivity contribution in [3.05, 3.63) is 53.6 Å². The van der Waals surface area contributed by atoms with E-state index in [0.29, 0.717) is 5.56 Å². The first kappa shape index (κ1) is 15.7. The summed E-state index contributed by atoms with van der Waals surface area (Å²) in [5.41, 5.74) is 0.553. The van der Waals surface area contributed by atoms with Crippen molar-refractivity contribution < 1.29 is 17.6 Å². The standard InChI is InChI=1S/C15H16FN3O3S/c16-13-4-2-1-3-12(13)14-5-6-19(7-8-23(14,21)22)15(20)11-9-17-18-10-11/h1-4,9-10,14H,5-8H2,(H,17,18)/t14-/m0/s1. The Morgan fingerprint density at radius 1 is 1.30 bits per heavy atom. The number of aromatic amines is 1. The Bertz CT molecular complexity index is 805. The van der Waals surface area contributed by atoms with Crippen LogP contribution in [0, 0.1) is 5.82 Å². The molecule has 23 heavy (non-hydrogen) atoms. The summed E-state index contributed by atoms with van der Waals surface area (Å²) < 4.78 is 38.9. The van der Waals surface area contributed by atoms with Crippen LogP contribution in [0.3, 0.4) is 0 Å². The van der Waals surface area contributed by atoms with Crippen LogP contribution in [0.25, 0.3) is 0 Å². The Labute approximate surface area is 133 Å². The lowest BCUT2D eigenvalue weighted by Crippen LogP contribution is -2.33. The molecule has 0 saturated carbocycles. The molecule has 2 heterocycles. The molecule has 8 heteroatoms. The second kappa shape index (κ2) is 6.11. The summed E-state index contributed by atoms with van der Waals surface area (Å²) in [6.45, 7) is 0.347. The summed E-state index contributed by atoms with van der Waals surface area (Å²) in [5.74, 6) is -0.992. The minimum Gasteiger partial charge on any atom is -0.337 e. The number of carbonyl (C=O) groups excluding carboxylic acids is 1. The first-order valence-corrected chi connectivity index (χ1v) is 8.94. The van der Waals surface area contributed by atoms with Gasteiger partial charge in [0.2, 0.25) is 0 Å². The van der Waals surface area contributed by atoms with Gasteiger partial charge >= 0.3 is 0 Å². The number of H-pyrrole nitrogens is 1. The number of sulfone groups is 1. The fourth-order valence-electron chi connectivity index (χ4n) is 2.78. The molecule has 0 aliphatic carbocycles. The molecule has 3 rings (SSSR count). The van der Waals surface area contributed by atoms with Crippen molar-refractivity contribution in [3.63, 3.8) is 0 Å². The Balaban J connectivity index is 1.86. The van der Waals surface area contributed by atoms with Gasteiger partial charge in [0.15, 0.2) is 9.84 Å². The van der Waals surface area contributed by atoms with Gasteiger partial charge in [0.05, 0.1) is 22.8 Å². The number of benzene rings is 1. The molecule has 1 amide bonds. The molecule has 0 spiro atoms. The Hall–Kier alpha value is -2.22. The van der Waals surface area contributed by atoms with Crippen molar-refractivity contribution in [2.45, 2.75) is 11.7 Å². The third-order valence-corrected chi connectivity index (χ3v) is 6.13. The molecule has 2 aromatic rings. The van der Waals surface area contributed by atoms with Gasteiger partial charge in [-0.05, 0) is 12.5 Å². The molecule has 1 N–H and O–H groups in total. The van der Waals surface area contributed by atoms with E-state index in [0.717, 1.165) is 0 Å². The zero-order chi connectivity index (χ0) is 16.4. The molecular formula is C15H16FN3O3S. The van der Waals surface area contributed by atoms with Crippen molar-refractivity contribution in [1.82, 2.24) is 15.1 Å². The van der Waals surface area contributed by atoms with Crippen molar-refractivity contribution >= 4 is 15.7 Å². The fraction of sp³-hybridized carbons (Fsp3) is 0.333. The van der Waals surface area contributed by atoms with E-state index in [9.17, 15) is 17.6 Å². The quantitative estimate of drug-likeness (QED) is 0.901. The normalized spacial score (nSPS) is 20.9. The van der Waals surface area contributed by atoms with E-state index in [1.54, 1.807) is 6.07 Å². The van der Waals surface area contributed by atoms with Crippen LogP contribution >= 0.6 is 0 Å². The highest BCUT2D eigenvalue weighted by molar-refractivity contribution is 7.91. The van der Waals surface area contributed by atoms with Crippen molar-refractivity contribution in [2.24, 2.45) is 0 Å². The van der Waals surface area contributed by atoms with Crippen molar-refractivity contribution in [3.8, 4) is 0 Å². The van der Waals surface area contributed by atoms with Crippen LogP contribution in [-0.2, 0) is 9.84 Å². The average Bonchev–Trinajstić information content (AvgIpc) is 3.00. The van der Waals surface area contributed by atoms with Gasteiger partial charge in [-0.3, -0.25) is 9.89 Å². The summed E-state index contributed by atoms with van der Waals surface area (Å²) in [5, 5.41) is 5.36. The number of aromatic nitrogens is 2. The SMILES string of the molecule is O=C(c1cn[nH]c1)N1CC[C@@H](c2ccccc2F)S(=O)(=O)CC1. The second-order valence-electron chi connectivity index (χ2n) is 5.44. The van der Waals surface area contributed by atoms with Crippen LogP contribution in [0.15, 0.2) is 36.7 Å². The largest absolute Gasteiger partial charge is 0.337 e. The zero-order valence-corrected chi connectivity index (χ0v) is 13.1. The Morgan fingerprint density at radius 2 is 2.09 bits per heavy atom. The van der Waals surface area contributed by atoms with E-state index in [4.69, 9.17) is 0 Å². The first-order chi connectivity index (χ1) is 11.0. The minimum atomic E-state index is -3.53. The predicted octanol–water partition coefficient (Wildman–Crippen LogP) is 1.55. The van der Waals surface area contributed by atoms with E-state index < -0.39 is 20.9 Å². The van der Waals surface area contributed by atoms with Crippen LogP contribution in [0.1, 0.15) is 27.6 Å².